The summed E-state index contributed by atoms with van der Waals surface area (Å²) in [5, 5.41) is 28.8. The predicted octanol–water partition coefficient (Wildman–Crippen LogP) is 2.94. The van der Waals surface area contributed by atoms with Crippen LogP contribution < -0.4 is 0 Å². The SMILES string of the molecule is CC(C)(C)c1noc(O)c1N=Nc1nncs1. The molecule has 0 aromatic carbocycles. The Kier molecular flexibility index (Phi) is 2.88. The van der Waals surface area contributed by atoms with E-state index >= 15 is 0 Å². The number of rotatable bonds is 2. The molecule has 2 aromatic heterocycles. The van der Waals surface area contributed by atoms with Crippen molar-refractivity contribution in [3.8, 4) is 5.95 Å². The normalized spacial score (nSPS) is 12.4. The molecule has 8 heteroatoms. The molecule has 0 fully saturated rings. The van der Waals surface area contributed by atoms with Gasteiger partial charge in [-0.25, -0.2) is 0 Å². The highest BCUT2D eigenvalue weighted by molar-refractivity contribution is 7.13. The van der Waals surface area contributed by atoms with Gasteiger partial charge in [-0.15, -0.1) is 20.4 Å². The lowest BCUT2D eigenvalue weighted by Gasteiger charge is -2.13. The quantitative estimate of drug-likeness (QED) is 0.830. The minimum Gasteiger partial charge on any atom is -0.478 e. The summed E-state index contributed by atoms with van der Waals surface area (Å²) in [5.74, 6) is -0.344. The fourth-order valence-electron chi connectivity index (χ4n) is 1.16. The molecule has 0 amide bonds. The van der Waals surface area contributed by atoms with Crippen molar-refractivity contribution in [2.24, 2.45) is 10.2 Å². The lowest BCUT2D eigenvalue weighted by atomic mass is 9.91. The van der Waals surface area contributed by atoms with Crippen molar-refractivity contribution in [3.05, 3.63) is 11.2 Å². The van der Waals surface area contributed by atoms with Gasteiger partial charge in [0.05, 0.1) is 0 Å². The van der Waals surface area contributed by atoms with E-state index in [2.05, 4.69) is 25.6 Å². The van der Waals surface area contributed by atoms with E-state index in [1.807, 2.05) is 20.8 Å². The van der Waals surface area contributed by atoms with E-state index in [0.717, 1.165) is 0 Å². The average molecular weight is 253 g/mol. The molecule has 2 heterocycles. The molecule has 0 aliphatic rings. The molecule has 0 aliphatic carbocycles. The van der Waals surface area contributed by atoms with Crippen molar-refractivity contribution < 1.29 is 9.63 Å². The molecule has 0 unspecified atom stereocenters. The Bertz CT molecular complexity index is 526. The molecule has 17 heavy (non-hydrogen) atoms. The van der Waals surface area contributed by atoms with Crippen LogP contribution in [0.3, 0.4) is 0 Å². The highest BCUT2D eigenvalue weighted by atomic mass is 32.1. The second-order valence-corrected chi connectivity index (χ2v) is 5.17. The number of nitrogens with zero attached hydrogens (tertiary/aromatic N) is 5. The van der Waals surface area contributed by atoms with E-state index in [-0.39, 0.29) is 17.0 Å². The Morgan fingerprint density at radius 1 is 1.35 bits per heavy atom. The highest BCUT2D eigenvalue weighted by Crippen LogP contribution is 2.38. The van der Waals surface area contributed by atoms with Gasteiger partial charge in [0.1, 0.15) is 11.2 Å². The molecule has 0 bridgehead atoms. The molecule has 1 N–H and O–H groups in total. The number of azo groups is 1. The van der Waals surface area contributed by atoms with Crippen LogP contribution in [-0.2, 0) is 5.41 Å². The maximum atomic E-state index is 9.51. The van der Waals surface area contributed by atoms with Gasteiger partial charge in [0, 0.05) is 5.41 Å². The zero-order chi connectivity index (χ0) is 12.5. The summed E-state index contributed by atoms with van der Waals surface area (Å²) < 4.78 is 4.71. The standard InChI is InChI=1S/C9H11N5O2S/c1-9(2,3)6-5(7(15)16-14-6)11-13-8-12-10-4-17-8/h4,15H,1-3H3. The van der Waals surface area contributed by atoms with Gasteiger partial charge >= 0.3 is 5.95 Å². The van der Waals surface area contributed by atoms with Gasteiger partial charge in [-0.1, -0.05) is 37.3 Å². The zero-order valence-corrected chi connectivity index (χ0v) is 10.4. The minimum atomic E-state index is -0.344. The maximum Gasteiger partial charge on any atom is 0.337 e. The van der Waals surface area contributed by atoms with Crippen molar-refractivity contribution in [2.45, 2.75) is 26.2 Å². The molecular weight excluding hydrogens is 242 g/mol. The van der Waals surface area contributed by atoms with Gasteiger partial charge in [-0.05, 0) is 0 Å². The molecule has 7 nitrogen and oxygen atoms in total. The second-order valence-electron chi connectivity index (χ2n) is 4.36. The van der Waals surface area contributed by atoms with Gasteiger partial charge in [0.2, 0.25) is 0 Å². The summed E-state index contributed by atoms with van der Waals surface area (Å²) in [6.07, 6.45) is 0. The smallest absolute Gasteiger partial charge is 0.337 e. The average Bonchev–Trinajstić information content (AvgIpc) is 2.83. The first-order chi connectivity index (χ1) is 7.98. The van der Waals surface area contributed by atoms with E-state index in [1.165, 1.54) is 11.3 Å². The molecule has 2 rings (SSSR count). The third kappa shape index (κ3) is 2.47. The molecule has 0 spiro atoms. The van der Waals surface area contributed by atoms with Crippen LogP contribution in [0.5, 0.6) is 5.95 Å². The summed E-state index contributed by atoms with van der Waals surface area (Å²) in [6, 6.07) is 0. The van der Waals surface area contributed by atoms with Crippen LogP contribution in [0.4, 0.5) is 10.8 Å². The molecule has 0 aliphatic heterocycles. The van der Waals surface area contributed by atoms with Crippen molar-refractivity contribution in [3.63, 3.8) is 0 Å². The summed E-state index contributed by atoms with van der Waals surface area (Å²) in [4.78, 5) is 0. The summed E-state index contributed by atoms with van der Waals surface area (Å²) in [7, 11) is 0. The van der Waals surface area contributed by atoms with Gasteiger partial charge in [-0.3, -0.25) is 0 Å². The molecule has 2 aromatic rings. The topological polar surface area (TPSA) is 96.8 Å². The van der Waals surface area contributed by atoms with Crippen LogP contribution in [0.1, 0.15) is 26.5 Å². The Labute approximate surface area is 101 Å². The van der Waals surface area contributed by atoms with Crippen LogP contribution in [0.25, 0.3) is 0 Å². The van der Waals surface area contributed by atoms with E-state index in [4.69, 9.17) is 4.52 Å². The van der Waals surface area contributed by atoms with Crippen LogP contribution in [0, 0.1) is 0 Å². The fourth-order valence-corrected chi connectivity index (χ4v) is 1.53. The summed E-state index contributed by atoms with van der Waals surface area (Å²) in [5.41, 5.74) is 2.03. The van der Waals surface area contributed by atoms with Gasteiger partial charge < -0.3 is 9.63 Å². The van der Waals surface area contributed by atoms with E-state index in [9.17, 15) is 5.11 Å². The first kappa shape index (κ1) is 11.6. The largest absolute Gasteiger partial charge is 0.478 e. The third-order valence-electron chi connectivity index (χ3n) is 1.94. The first-order valence-corrected chi connectivity index (χ1v) is 5.73. The van der Waals surface area contributed by atoms with Crippen LogP contribution in [-0.4, -0.2) is 20.5 Å². The van der Waals surface area contributed by atoms with Gasteiger partial charge in [-0.2, -0.15) is 0 Å². The fraction of sp³-hybridized carbons (Fsp3) is 0.444. The van der Waals surface area contributed by atoms with Crippen molar-refractivity contribution in [1.82, 2.24) is 15.4 Å². The Hall–Kier alpha value is -1.83. The second kappa shape index (κ2) is 4.21. The van der Waals surface area contributed by atoms with Crippen molar-refractivity contribution in [2.75, 3.05) is 0 Å². The van der Waals surface area contributed by atoms with Crippen molar-refractivity contribution >= 4 is 22.2 Å². The lowest BCUT2D eigenvalue weighted by Crippen LogP contribution is -2.11. The molecular formula is C9H11N5O2S. The predicted molar refractivity (Wildman–Crippen MR) is 61.0 cm³/mol. The van der Waals surface area contributed by atoms with Crippen LogP contribution in [0.2, 0.25) is 0 Å². The van der Waals surface area contributed by atoms with Crippen molar-refractivity contribution in [1.29, 1.82) is 0 Å². The first-order valence-electron chi connectivity index (χ1n) is 4.85. The number of hydrogen-bond donors (Lipinski definition) is 1. The summed E-state index contributed by atoms with van der Waals surface area (Å²) in [6.45, 7) is 5.82. The Morgan fingerprint density at radius 3 is 2.71 bits per heavy atom. The molecule has 0 atom stereocenters. The molecule has 0 saturated carbocycles. The lowest BCUT2D eigenvalue weighted by molar-refractivity contribution is 0.273. The highest BCUT2D eigenvalue weighted by Gasteiger charge is 2.26. The van der Waals surface area contributed by atoms with Crippen LogP contribution in [0.15, 0.2) is 20.3 Å². The number of aromatic nitrogens is 3. The van der Waals surface area contributed by atoms with E-state index < -0.39 is 0 Å². The number of hydrogen-bond acceptors (Lipinski definition) is 8. The third-order valence-corrected chi connectivity index (χ3v) is 2.52. The molecule has 90 valence electrons. The van der Waals surface area contributed by atoms with Gasteiger partial charge in [0.25, 0.3) is 5.13 Å². The number of aromatic hydroxyl groups is 1. The zero-order valence-electron chi connectivity index (χ0n) is 9.58. The minimum absolute atomic E-state index is 0.229. The van der Waals surface area contributed by atoms with Crippen LogP contribution >= 0.6 is 11.3 Å². The molecule has 0 radical (unpaired) electrons. The van der Waals surface area contributed by atoms with E-state index in [0.29, 0.717) is 10.8 Å². The summed E-state index contributed by atoms with van der Waals surface area (Å²) >= 11 is 1.25. The van der Waals surface area contributed by atoms with Gasteiger partial charge in [0.15, 0.2) is 5.69 Å². The Morgan fingerprint density at radius 2 is 2.12 bits per heavy atom. The van der Waals surface area contributed by atoms with E-state index in [1.54, 1.807) is 5.51 Å². The maximum absolute atomic E-state index is 9.51. The Balaban J connectivity index is 2.36. The monoisotopic (exact) mass is 253 g/mol. The molecule has 0 saturated heterocycles.